The van der Waals surface area contributed by atoms with Crippen LogP contribution in [0.4, 0.5) is 0 Å². The number of hydrogen-bond donors (Lipinski definition) is 2. The van der Waals surface area contributed by atoms with Crippen LogP contribution in [0.15, 0.2) is 28.2 Å². The molecule has 0 aromatic heterocycles. The third kappa shape index (κ3) is 3.30. The minimum absolute atomic E-state index is 0.143. The van der Waals surface area contributed by atoms with E-state index in [1.807, 2.05) is 24.3 Å². The lowest BCUT2D eigenvalue weighted by Crippen LogP contribution is -2.46. The second-order valence-electron chi connectivity index (χ2n) is 5.57. The maximum Gasteiger partial charge on any atom is 0.250 e. The first-order valence-corrected chi connectivity index (χ1v) is 8.04. The molecule has 0 spiro atoms. The maximum atomic E-state index is 12.3. The molecule has 1 aliphatic carbocycles. The predicted molar refractivity (Wildman–Crippen MR) is 84.0 cm³/mol. The van der Waals surface area contributed by atoms with Crippen LogP contribution in [0.2, 0.25) is 0 Å². The third-order valence-electron chi connectivity index (χ3n) is 4.02. The largest absolute Gasteiger partial charge is 0.488 e. The molecular formula is C16H18BrNO3. The van der Waals surface area contributed by atoms with Crippen LogP contribution in [-0.4, -0.2) is 29.8 Å². The molecule has 1 saturated carbocycles. The zero-order valence-electron chi connectivity index (χ0n) is 11.6. The molecule has 0 radical (unpaired) electrons. The molecule has 21 heavy (non-hydrogen) atoms. The Morgan fingerprint density at radius 3 is 2.95 bits per heavy atom. The van der Waals surface area contributed by atoms with Crippen molar-refractivity contribution in [1.82, 2.24) is 5.32 Å². The number of ether oxygens (including phenoxy) is 1. The summed E-state index contributed by atoms with van der Waals surface area (Å²) in [7, 11) is 0. The molecule has 5 heteroatoms. The van der Waals surface area contributed by atoms with Crippen LogP contribution in [0, 0.1) is 0 Å². The Bertz CT molecular complexity index is 585. The zero-order valence-corrected chi connectivity index (χ0v) is 13.2. The average molecular weight is 352 g/mol. The fourth-order valence-corrected chi connectivity index (χ4v) is 3.20. The van der Waals surface area contributed by atoms with Gasteiger partial charge in [0.15, 0.2) is 0 Å². The van der Waals surface area contributed by atoms with E-state index in [4.69, 9.17) is 4.74 Å². The van der Waals surface area contributed by atoms with Crippen molar-refractivity contribution in [3.63, 3.8) is 0 Å². The minimum atomic E-state index is -0.436. The Morgan fingerprint density at radius 2 is 2.14 bits per heavy atom. The summed E-state index contributed by atoms with van der Waals surface area (Å²) in [6.45, 7) is 0.267. The molecule has 0 unspecified atom stereocenters. The van der Waals surface area contributed by atoms with Crippen LogP contribution < -0.4 is 10.1 Å². The van der Waals surface area contributed by atoms with Crippen molar-refractivity contribution in [3.8, 4) is 5.75 Å². The lowest BCUT2D eigenvalue weighted by atomic mass is 9.92. The molecule has 1 aromatic carbocycles. The number of amides is 1. The smallest absolute Gasteiger partial charge is 0.250 e. The number of benzene rings is 1. The van der Waals surface area contributed by atoms with Gasteiger partial charge in [-0.1, -0.05) is 28.8 Å². The first kappa shape index (κ1) is 14.6. The molecular weight excluding hydrogens is 334 g/mol. The number of hydrogen-bond acceptors (Lipinski definition) is 3. The predicted octanol–water partition coefficient (Wildman–Crippen LogP) is 2.64. The van der Waals surface area contributed by atoms with Crippen molar-refractivity contribution < 1.29 is 14.6 Å². The number of aliphatic hydroxyl groups excluding tert-OH is 1. The van der Waals surface area contributed by atoms with Crippen molar-refractivity contribution in [2.75, 3.05) is 6.61 Å². The van der Waals surface area contributed by atoms with Crippen molar-refractivity contribution in [1.29, 1.82) is 0 Å². The van der Waals surface area contributed by atoms with Crippen molar-refractivity contribution >= 4 is 27.9 Å². The van der Waals surface area contributed by atoms with E-state index in [-0.39, 0.29) is 18.6 Å². The molecule has 4 nitrogen and oxygen atoms in total. The maximum absolute atomic E-state index is 12.3. The third-order valence-corrected chi connectivity index (χ3v) is 4.52. The molecule has 2 N–H and O–H groups in total. The molecule has 2 aliphatic rings. The minimum Gasteiger partial charge on any atom is -0.488 e. The fourth-order valence-electron chi connectivity index (χ4n) is 2.82. The van der Waals surface area contributed by atoms with E-state index in [1.165, 1.54) is 0 Å². The van der Waals surface area contributed by atoms with E-state index in [0.717, 1.165) is 41.5 Å². The molecule has 3 rings (SSSR count). The number of fused-ring (bicyclic) bond motifs is 1. The van der Waals surface area contributed by atoms with Gasteiger partial charge in [0.2, 0.25) is 0 Å². The molecule has 1 fully saturated rings. The van der Waals surface area contributed by atoms with Crippen molar-refractivity contribution in [3.05, 3.63) is 33.8 Å². The first-order chi connectivity index (χ1) is 10.1. The van der Waals surface area contributed by atoms with Gasteiger partial charge in [0.05, 0.1) is 17.7 Å². The Labute approximate surface area is 132 Å². The number of nitrogens with one attached hydrogen (secondary N) is 1. The molecule has 1 aliphatic heterocycles. The Kier molecular flexibility index (Phi) is 4.31. The molecule has 0 bridgehead atoms. The van der Waals surface area contributed by atoms with Gasteiger partial charge in [-0.3, -0.25) is 4.79 Å². The molecule has 2 atom stereocenters. The summed E-state index contributed by atoms with van der Waals surface area (Å²) in [4.78, 5) is 12.3. The van der Waals surface area contributed by atoms with Gasteiger partial charge in [0, 0.05) is 10.0 Å². The van der Waals surface area contributed by atoms with Gasteiger partial charge < -0.3 is 15.2 Å². The van der Waals surface area contributed by atoms with Crippen LogP contribution >= 0.6 is 15.9 Å². The van der Waals surface area contributed by atoms with Crippen LogP contribution in [0.1, 0.15) is 31.2 Å². The molecule has 1 heterocycles. The topological polar surface area (TPSA) is 58.6 Å². The standard InChI is InChI=1S/C16H18BrNO3/c17-12-5-6-15-10(8-12)7-11(9-21-15)16(20)18-13-3-1-2-4-14(13)19/h5-8,13-14,19H,1-4,9H2,(H,18,20)/t13-,14-/m1/s1. The number of rotatable bonds is 2. The van der Waals surface area contributed by atoms with Gasteiger partial charge in [-0.2, -0.15) is 0 Å². The van der Waals surface area contributed by atoms with E-state index < -0.39 is 6.10 Å². The summed E-state index contributed by atoms with van der Waals surface area (Å²) in [6.07, 6.45) is 5.09. The molecule has 1 amide bonds. The van der Waals surface area contributed by atoms with E-state index in [1.54, 1.807) is 0 Å². The molecule has 0 saturated heterocycles. The number of halogens is 1. The van der Waals surface area contributed by atoms with Gasteiger partial charge in [0.25, 0.3) is 5.91 Å². The lowest BCUT2D eigenvalue weighted by Gasteiger charge is -2.29. The first-order valence-electron chi connectivity index (χ1n) is 7.25. The highest BCUT2D eigenvalue weighted by molar-refractivity contribution is 9.10. The summed E-state index contributed by atoms with van der Waals surface area (Å²) in [5.41, 5.74) is 1.49. The van der Waals surface area contributed by atoms with Gasteiger partial charge in [-0.05, 0) is 37.1 Å². The highest BCUT2D eigenvalue weighted by Gasteiger charge is 2.26. The average Bonchev–Trinajstić information content (AvgIpc) is 2.48. The summed E-state index contributed by atoms with van der Waals surface area (Å²) in [5, 5.41) is 12.9. The Morgan fingerprint density at radius 1 is 1.33 bits per heavy atom. The highest BCUT2D eigenvalue weighted by atomic mass is 79.9. The fraction of sp³-hybridized carbons (Fsp3) is 0.438. The summed E-state index contributed by atoms with van der Waals surface area (Å²) in [6, 6.07) is 5.58. The quantitative estimate of drug-likeness (QED) is 0.860. The summed E-state index contributed by atoms with van der Waals surface area (Å²) >= 11 is 3.42. The van der Waals surface area contributed by atoms with E-state index in [9.17, 15) is 9.90 Å². The number of carbonyl (C=O) groups excluding carboxylic acids is 1. The van der Waals surface area contributed by atoms with Crippen molar-refractivity contribution in [2.45, 2.75) is 37.8 Å². The van der Waals surface area contributed by atoms with Gasteiger partial charge in [0.1, 0.15) is 12.4 Å². The van der Waals surface area contributed by atoms with E-state index >= 15 is 0 Å². The van der Waals surface area contributed by atoms with Gasteiger partial charge in [-0.25, -0.2) is 0 Å². The van der Waals surface area contributed by atoms with E-state index in [2.05, 4.69) is 21.2 Å². The summed E-state index contributed by atoms with van der Waals surface area (Å²) in [5.74, 6) is 0.638. The van der Waals surface area contributed by atoms with Crippen molar-refractivity contribution in [2.24, 2.45) is 0 Å². The van der Waals surface area contributed by atoms with Gasteiger partial charge in [-0.15, -0.1) is 0 Å². The monoisotopic (exact) mass is 351 g/mol. The van der Waals surface area contributed by atoms with Gasteiger partial charge >= 0.3 is 0 Å². The zero-order chi connectivity index (χ0) is 14.8. The molecule has 112 valence electrons. The van der Waals surface area contributed by atoms with Crippen LogP contribution in [-0.2, 0) is 4.79 Å². The Balaban J connectivity index is 1.73. The highest BCUT2D eigenvalue weighted by Crippen LogP contribution is 2.29. The van der Waals surface area contributed by atoms with Crippen LogP contribution in [0.25, 0.3) is 6.08 Å². The second-order valence-corrected chi connectivity index (χ2v) is 6.49. The van der Waals surface area contributed by atoms with Crippen LogP contribution in [0.3, 0.4) is 0 Å². The van der Waals surface area contributed by atoms with Crippen LogP contribution in [0.5, 0.6) is 5.75 Å². The second kappa shape index (κ2) is 6.20. The molecule has 1 aromatic rings. The number of carbonyl (C=O) groups is 1. The number of aliphatic hydroxyl groups is 1. The van der Waals surface area contributed by atoms with E-state index in [0.29, 0.717) is 5.57 Å². The normalized spacial score (nSPS) is 24.6. The Hall–Kier alpha value is -1.33. The lowest BCUT2D eigenvalue weighted by molar-refractivity contribution is -0.119. The SMILES string of the molecule is O=C(N[C@@H]1CCCC[C@H]1O)C1=Cc2cc(Br)ccc2OC1. The summed E-state index contributed by atoms with van der Waals surface area (Å²) < 4.78 is 6.57.